The second-order valence-corrected chi connectivity index (χ2v) is 3.74. The molecule has 0 saturated carbocycles. The van der Waals surface area contributed by atoms with E-state index in [0.717, 1.165) is 0 Å². The van der Waals surface area contributed by atoms with Gasteiger partial charge in [0.25, 0.3) is 0 Å². The largest absolute Gasteiger partial charge is 0.166 e. The van der Waals surface area contributed by atoms with Crippen LogP contribution in [0.1, 0.15) is 16.4 Å². The molecule has 0 N–H and O–H groups in total. The molecular weight excluding hydrogens is 224 g/mol. The van der Waals surface area contributed by atoms with Crippen molar-refractivity contribution in [3.8, 4) is 0 Å². The summed E-state index contributed by atoms with van der Waals surface area (Å²) in [7, 11) is 0. The highest BCUT2D eigenvalue weighted by Gasteiger charge is 2.06. The van der Waals surface area contributed by atoms with Gasteiger partial charge in [-0.15, -0.1) is 12.4 Å². The third-order valence-electron chi connectivity index (χ3n) is 2.23. The minimum atomic E-state index is 0. The van der Waals surface area contributed by atoms with Gasteiger partial charge in [-0.05, 0) is 11.1 Å². The van der Waals surface area contributed by atoms with Crippen molar-refractivity contribution >= 4 is 25.0 Å². The molecule has 0 aliphatic heterocycles. The van der Waals surface area contributed by atoms with E-state index in [1.807, 2.05) is 36.4 Å². The van der Waals surface area contributed by atoms with Crippen LogP contribution in [-0.4, -0.2) is 0 Å². The highest BCUT2D eigenvalue weighted by atomic mass is 35.5. The molecular formula is C13H13ClS. The standard InChI is InChI=1S/C13H12S.ClH/c14-13(11-7-3-1-4-8-11)12-9-5-2-6-10-12;/h1-10,13-14H;1H. The Morgan fingerprint density at radius 1 is 0.667 bits per heavy atom. The number of rotatable bonds is 2. The van der Waals surface area contributed by atoms with Crippen molar-refractivity contribution < 1.29 is 0 Å². The molecule has 0 bridgehead atoms. The summed E-state index contributed by atoms with van der Waals surface area (Å²) < 4.78 is 0. The van der Waals surface area contributed by atoms with Crippen LogP contribution in [0.2, 0.25) is 0 Å². The monoisotopic (exact) mass is 236 g/mol. The van der Waals surface area contributed by atoms with Gasteiger partial charge in [-0.3, -0.25) is 0 Å². The van der Waals surface area contributed by atoms with Crippen molar-refractivity contribution in [1.29, 1.82) is 0 Å². The fraction of sp³-hybridized carbons (Fsp3) is 0.0769. The van der Waals surface area contributed by atoms with Gasteiger partial charge in [0.1, 0.15) is 0 Å². The van der Waals surface area contributed by atoms with Gasteiger partial charge in [0, 0.05) is 0 Å². The van der Waals surface area contributed by atoms with E-state index in [1.54, 1.807) is 0 Å². The molecule has 2 aromatic carbocycles. The lowest BCUT2D eigenvalue weighted by Crippen LogP contribution is -1.91. The van der Waals surface area contributed by atoms with Crippen LogP contribution in [-0.2, 0) is 0 Å². The number of thiol groups is 1. The Bertz CT molecular complexity index is 346. The molecule has 15 heavy (non-hydrogen) atoms. The lowest BCUT2D eigenvalue weighted by Gasteiger charge is -2.10. The summed E-state index contributed by atoms with van der Waals surface area (Å²) in [5.74, 6) is 0. The van der Waals surface area contributed by atoms with E-state index in [-0.39, 0.29) is 17.7 Å². The van der Waals surface area contributed by atoms with Gasteiger partial charge in [-0.2, -0.15) is 12.6 Å². The van der Waals surface area contributed by atoms with E-state index < -0.39 is 0 Å². The van der Waals surface area contributed by atoms with Crippen molar-refractivity contribution in [3.63, 3.8) is 0 Å². The Hall–Kier alpha value is -0.920. The molecule has 2 rings (SSSR count). The maximum atomic E-state index is 4.61. The molecule has 0 heterocycles. The van der Waals surface area contributed by atoms with E-state index in [4.69, 9.17) is 0 Å². The third-order valence-corrected chi connectivity index (χ3v) is 2.83. The Balaban J connectivity index is 0.00000112. The molecule has 0 aromatic heterocycles. The van der Waals surface area contributed by atoms with E-state index in [9.17, 15) is 0 Å². The summed E-state index contributed by atoms with van der Waals surface area (Å²) in [6.07, 6.45) is 0. The average molecular weight is 237 g/mol. The molecule has 0 unspecified atom stereocenters. The fourth-order valence-corrected chi connectivity index (χ4v) is 1.81. The first-order valence-corrected chi connectivity index (χ1v) is 5.17. The van der Waals surface area contributed by atoms with Crippen LogP contribution in [0.3, 0.4) is 0 Å². The summed E-state index contributed by atoms with van der Waals surface area (Å²) in [6, 6.07) is 20.6. The number of hydrogen-bond acceptors (Lipinski definition) is 1. The molecule has 0 fully saturated rings. The normalized spacial score (nSPS) is 9.73. The summed E-state index contributed by atoms with van der Waals surface area (Å²) in [4.78, 5) is 0. The average Bonchev–Trinajstić information content (AvgIpc) is 2.30. The SMILES string of the molecule is Cl.SC(c1ccccc1)c1ccccc1. The Labute approximate surface area is 102 Å². The van der Waals surface area contributed by atoms with Gasteiger partial charge < -0.3 is 0 Å². The summed E-state index contributed by atoms with van der Waals surface area (Å²) in [5.41, 5.74) is 2.48. The predicted octanol–water partition coefficient (Wildman–Crippen LogP) is 4.13. The maximum absolute atomic E-state index is 4.61. The molecule has 0 amide bonds. The summed E-state index contributed by atoms with van der Waals surface area (Å²) in [5, 5.41) is 0.178. The molecule has 2 aromatic rings. The molecule has 0 atom stereocenters. The first-order chi connectivity index (χ1) is 6.88. The zero-order valence-corrected chi connectivity index (χ0v) is 9.92. The number of halogens is 1. The van der Waals surface area contributed by atoms with Crippen LogP contribution >= 0.6 is 25.0 Å². The van der Waals surface area contributed by atoms with Crippen LogP contribution in [0.5, 0.6) is 0 Å². The van der Waals surface area contributed by atoms with E-state index in [1.165, 1.54) is 11.1 Å². The zero-order chi connectivity index (χ0) is 9.80. The molecule has 0 nitrogen and oxygen atoms in total. The molecule has 0 spiro atoms. The van der Waals surface area contributed by atoms with Crippen LogP contribution in [0.15, 0.2) is 60.7 Å². The van der Waals surface area contributed by atoms with E-state index in [0.29, 0.717) is 0 Å². The van der Waals surface area contributed by atoms with Crippen molar-refractivity contribution in [2.75, 3.05) is 0 Å². The highest BCUT2D eigenvalue weighted by molar-refractivity contribution is 7.80. The van der Waals surface area contributed by atoms with Gasteiger partial charge >= 0.3 is 0 Å². The third kappa shape index (κ3) is 3.01. The van der Waals surface area contributed by atoms with Crippen LogP contribution < -0.4 is 0 Å². The topological polar surface area (TPSA) is 0 Å². The summed E-state index contributed by atoms with van der Waals surface area (Å²) >= 11 is 4.61. The second kappa shape index (κ2) is 5.84. The molecule has 0 aliphatic carbocycles. The van der Waals surface area contributed by atoms with Crippen LogP contribution in [0.25, 0.3) is 0 Å². The van der Waals surface area contributed by atoms with Gasteiger partial charge in [-0.1, -0.05) is 60.7 Å². The predicted molar refractivity (Wildman–Crippen MR) is 71.0 cm³/mol. The molecule has 78 valence electrons. The molecule has 0 saturated heterocycles. The van der Waals surface area contributed by atoms with Crippen LogP contribution in [0, 0.1) is 0 Å². The van der Waals surface area contributed by atoms with E-state index >= 15 is 0 Å². The van der Waals surface area contributed by atoms with Gasteiger partial charge in [0.05, 0.1) is 5.25 Å². The first kappa shape index (κ1) is 12.2. The number of hydrogen-bond donors (Lipinski definition) is 1. The zero-order valence-electron chi connectivity index (χ0n) is 8.21. The Morgan fingerprint density at radius 2 is 1.00 bits per heavy atom. The quantitative estimate of drug-likeness (QED) is 0.745. The van der Waals surface area contributed by atoms with Crippen molar-refractivity contribution in [3.05, 3.63) is 71.8 Å². The molecule has 2 heteroatoms. The maximum Gasteiger partial charge on any atom is 0.0516 e. The summed E-state index contributed by atoms with van der Waals surface area (Å²) in [6.45, 7) is 0. The van der Waals surface area contributed by atoms with Crippen molar-refractivity contribution in [2.24, 2.45) is 0 Å². The lowest BCUT2D eigenvalue weighted by molar-refractivity contribution is 1.17. The molecule has 0 radical (unpaired) electrons. The van der Waals surface area contributed by atoms with Gasteiger partial charge in [-0.25, -0.2) is 0 Å². The fourth-order valence-electron chi connectivity index (χ4n) is 1.46. The van der Waals surface area contributed by atoms with Gasteiger partial charge in [0.15, 0.2) is 0 Å². The van der Waals surface area contributed by atoms with Gasteiger partial charge in [0.2, 0.25) is 0 Å². The minimum absolute atomic E-state index is 0. The smallest absolute Gasteiger partial charge is 0.0516 e. The lowest BCUT2D eigenvalue weighted by atomic mass is 10.0. The second-order valence-electron chi connectivity index (χ2n) is 3.22. The first-order valence-electron chi connectivity index (χ1n) is 4.66. The highest BCUT2D eigenvalue weighted by Crippen LogP contribution is 2.27. The Morgan fingerprint density at radius 3 is 1.33 bits per heavy atom. The molecule has 0 aliphatic rings. The minimum Gasteiger partial charge on any atom is -0.166 e. The number of benzene rings is 2. The Kier molecular flexibility index (Phi) is 4.73. The van der Waals surface area contributed by atoms with Crippen molar-refractivity contribution in [1.82, 2.24) is 0 Å². The van der Waals surface area contributed by atoms with Crippen LogP contribution in [0.4, 0.5) is 0 Å². The van der Waals surface area contributed by atoms with E-state index in [2.05, 4.69) is 36.9 Å². The van der Waals surface area contributed by atoms with Crippen molar-refractivity contribution in [2.45, 2.75) is 5.25 Å².